The van der Waals surface area contributed by atoms with Crippen molar-refractivity contribution >= 4 is 63.3 Å². The smallest absolute Gasteiger partial charge is 0.472 e. The van der Waals surface area contributed by atoms with E-state index in [1.165, 1.54) is 0 Å². The molecule has 41 nitrogen and oxygen atoms in total. The van der Waals surface area contributed by atoms with E-state index in [-0.39, 0.29) is 38.5 Å². The van der Waals surface area contributed by atoms with E-state index in [2.05, 4.69) is 38.3 Å². The van der Waals surface area contributed by atoms with Crippen LogP contribution in [0.2, 0.25) is 0 Å². The van der Waals surface area contributed by atoms with Crippen molar-refractivity contribution in [3.05, 3.63) is 0 Å². The Morgan fingerprint density at radius 1 is 0.388 bits per heavy atom. The number of phosphoric acid groups is 2. The molecule has 0 aromatic rings. The maximum Gasteiger partial charge on any atom is 0.472 e. The number of hydrogen-bond donors (Lipinski definition) is 18. The lowest BCUT2D eigenvalue weighted by molar-refractivity contribution is -0.378. The summed E-state index contributed by atoms with van der Waals surface area (Å²) in [6, 6.07) is -4.45. The molecule has 812 valence electrons. The standard InChI is InChI=1S/C96H174N2O39P2/c1-7-13-19-25-29-31-35-41-47-53-77(108)127-67(51-45-39-33-27-21-15-9-3)57-75(106)97-81-89(131-79(110)55-65(101)49-43-37-23-17-11-5)85(114)73(129-92(81)137-139(122,123)124)63-125-91-82(98-76(107)58-68(52-46-40-34-28-22-16-10-4)128-78(109)54-48-42-36-32-30-26-20-14-8-2)90(132-80(111)56-66(102)50-44-38-24-18-12-6)88(136-138(119,120)121)74(130-91)64-126-95(93(115)116)60-72(84(113)87(134-95)71(105)62-100)133-96(94(117)118)59-69(103)83(112)86(135-96)70(104)61-99/h65-74,81-92,99-105,112-114H,7-64H2,1-6H3,(H,97,106)(H,98,107)(H,115,116)(H,117,118)(H2,119,120,121)(H2,122,123,124)/t65-,66-,67-,68-,69-,70-,71-,72-,73-,74-,81-,82-,83-,84-,85-,86-,87-,88-,89-,90-,91-,92-,95-,96-/m1/s1. The number of carboxylic acid groups (broad SMARTS) is 2. The van der Waals surface area contributed by atoms with Crippen LogP contribution in [0.3, 0.4) is 0 Å². The van der Waals surface area contributed by atoms with Crippen LogP contribution in [0.1, 0.15) is 388 Å². The molecule has 0 radical (unpaired) electrons. The first-order valence-electron chi connectivity index (χ1n) is 51.8. The fraction of sp³-hybridized carbons (Fsp3) is 0.917. The van der Waals surface area contributed by atoms with Crippen LogP contribution in [0.4, 0.5) is 0 Å². The van der Waals surface area contributed by atoms with Gasteiger partial charge in [-0.1, -0.05) is 286 Å². The summed E-state index contributed by atoms with van der Waals surface area (Å²) in [7, 11) is -12.1. The molecule has 0 spiro atoms. The van der Waals surface area contributed by atoms with Gasteiger partial charge >= 0.3 is 51.5 Å². The van der Waals surface area contributed by atoms with E-state index in [0.717, 1.165) is 199 Å². The first-order chi connectivity index (χ1) is 66.3. The first-order valence-corrected chi connectivity index (χ1v) is 54.9. The van der Waals surface area contributed by atoms with Crippen molar-refractivity contribution in [1.29, 1.82) is 0 Å². The van der Waals surface area contributed by atoms with Crippen LogP contribution in [-0.2, 0) is 109 Å². The van der Waals surface area contributed by atoms with Gasteiger partial charge in [0.1, 0.15) is 85.3 Å². The number of ether oxygens (including phenoxy) is 11. The molecule has 0 aromatic heterocycles. The number of unbranched alkanes of at least 4 members (excludes halogenated alkanes) is 36. The second-order valence-corrected chi connectivity index (χ2v) is 40.5. The van der Waals surface area contributed by atoms with E-state index < -0.39 is 274 Å². The average molecular weight is 2040 g/mol. The highest BCUT2D eigenvalue weighted by Gasteiger charge is 2.63. The van der Waals surface area contributed by atoms with Crippen molar-refractivity contribution in [3.63, 3.8) is 0 Å². The Balaban J connectivity index is 2.05. The number of aliphatic hydroxyl groups excluding tert-OH is 10. The van der Waals surface area contributed by atoms with Crippen molar-refractivity contribution in [2.24, 2.45) is 0 Å². The molecule has 4 fully saturated rings. The number of hydrogen-bond acceptors (Lipinski definition) is 33. The number of carbonyl (C=O) groups excluding carboxylic acids is 6. The lowest BCUT2D eigenvalue weighted by Crippen LogP contribution is -2.69. The van der Waals surface area contributed by atoms with Gasteiger partial charge in [-0.3, -0.25) is 37.8 Å². The van der Waals surface area contributed by atoms with E-state index in [1.807, 2.05) is 13.8 Å². The van der Waals surface area contributed by atoms with Crippen LogP contribution >= 0.6 is 15.6 Å². The van der Waals surface area contributed by atoms with Gasteiger partial charge in [0.25, 0.3) is 11.6 Å². The highest BCUT2D eigenvalue weighted by molar-refractivity contribution is 7.46. The molecule has 0 bridgehead atoms. The van der Waals surface area contributed by atoms with Crippen LogP contribution in [0.25, 0.3) is 0 Å². The van der Waals surface area contributed by atoms with Gasteiger partial charge in [0, 0.05) is 25.7 Å². The van der Waals surface area contributed by atoms with Gasteiger partial charge in [0.2, 0.25) is 11.8 Å². The second kappa shape index (κ2) is 70.2. The number of nitrogens with one attached hydrogen (secondary N) is 2. The summed E-state index contributed by atoms with van der Waals surface area (Å²) >= 11 is 0. The topological polar surface area (TPSA) is 638 Å². The van der Waals surface area contributed by atoms with Crippen molar-refractivity contribution in [2.45, 2.75) is 534 Å². The number of aliphatic hydroxyl groups is 10. The molecule has 0 aromatic carbocycles. The van der Waals surface area contributed by atoms with Gasteiger partial charge < -0.3 is 144 Å². The number of aliphatic carboxylic acids is 2. The first kappa shape index (κ1) is 127. The summed E-state index contributed by atoms with van der Waals surface area (Å²) in [4.78, 5) is 159. The molecule has 24 atom stereocenters. The number of phosphoric ester groups is 2. The lowest BCUT2D eigenvalue weighted by atomic mass is 9.90. The molecule has 4 saturated heterocycles. The van der Waals surface area contributed by atoms with E-state index in [1.54, 1.807) is 0 Å². The number of carboxylic acids is 2. The summed E-state index contributed by atoms with van der Waals surface area (Å²) in [5.41, 5.74) is 0. The van der Waals surface area contributed by atoms with Gasteiger partial charge in [0.05, 0.1) is 76.5 Å². The molecular formula is C96H174N2O39P2. The minimum absolute atomic E-state index is 0.0120. The van der Waals surface area contributed by atoms with Gasteiger partial charge in [-0.05, 0) is 51.4 Å². The van der Waals surface area contributed by atoms with Crippen LogP contribution < -0.4 is 10.6 Å². The summed E-state index contributed by atoms with van der Waals surface area (Å²) < 4.78 is 105. The molecule has 4 aliphatic heterocycles. The third-order valence-electron chi connectivity index (χ3n) is 25.8. The van der Waals surface area contributed by atoms with Gasteiger partial charge in [-0.15, -0.1) is 0 Å². The van der Waals surface area contributed by atoms with Crippen molar-refractivity contribution in [1.82, 2.24) is 10.6 Å². The summed E-state index contributed by atoms with van der Waals surface area (Å²) in [5.74, 6) is -17.4. The Labute approximate surface area is 820 Å². The Hall–Kier alpha value is -4.70. The van der Waals surface area contributed by atoms with Gasteiger partial charge in [0.15, 0.2) is 24.8 Å². The molecule has 0 saturated carbocycles. The molecule has 4 rings (SSSR count). The minimum atomic E-state index is -6.16. The Kier molecular flexibility index (Phi) is 63.9. The fourth-order valence-electron chi connectivity index (χ4n) is 17.9. The van der Waals surface area contributed by atoms with E-state index in [0.29, 0.717) is 70.6 Å². The molecule has 0 aliphatic carbocycles. The number of amides is 2. The maximum atomic E-state index is 15.5. The molecular weight excluding hydrogens is 1870 g/mol. The Morgan fingerprint density at radius 3 is 1.13 bits per heavy atom. The van der Waals surface area contributed by atoms with E-state index >= 15 is 4.79 Å². The molecule has 43 heteroatoms. The van der Waals surface area contributed by atoms with Crippen LogP contribution in [0.5, 0.6) is 0 Å². The predicted octanol–water partition coefficient (Wildman–Crippen LogP) is 10.5. The summed E-state index contributed by atoms with van der Waals surface area (Å²) in [6.45, 7) is 6.88. The molecule has 0 unspecified atom stereocenters. The highest BCUT2D eigenvalue weighted by Crippen LogP contribution is 2.47. The summed E-state index contributed by atoms with van der Waals surface area (Å²) in [5, 5.41) is 140. The zero-order valence-electron chi connectivity index (χ0n) is 83.2. The maximum absolute atomic E-state index is 15.5. The molecule has 139 heavy (non-hydrogen) atoms. The zero-order chi connectivity index (χ0) is 103. The minimum Gasteiger partial charge on any atom is -0.477 e. The Bertz CT molecular complexity index is 3500. The normalized spacial score (nSPS) is 26.5. The van der Waals surface area contributed by atoms with E-state index in [9.17, 15) is 124 Å². The SMILES string of the molecule is CCCCCCCCCCCC(=O)O[C@H](CCCCCCCCC)CC(=O)N[C@H]1[C@H](OC[C@H]2O[C@H](OP(=O)(O)O)[C@H](NC(=O)C[C@@H](CCCCCCCCC)OC(=O)CCCCCCCCCCC)[C@@H](OC(=O)C[C@H](O)CCCCCCC)[C@@H]2O)O[C@H](CO[C@]2(C(=O)O)C[C@@H](O[C@]3(C(=O)O)C[C@@H](O)[C@@H](O)[C@@H]([C@H](O)CO)O3)[C@@H](O)[C@@H]([C@H](O)CO)O2)[C@@H](OP(=O)(O)O)[C@@H]1OC(=O)C[C@H](O)CCCCCCC. The van der Waals surface area contributed by atoms with Crippen molar-refractivity contribution in [2.75, 3.05) is 26.4 Å². The average Bonchev–Trinajstić information content (AvgIpc) is 0.705. The van der Waals surface area contributed by atoms with Crippen molar-refractivity contribution < 1.29 is 189 Å². The zero-order valence-corrected chi connectivity index (χ0v) is 84.9. The predicted molar refractivity (Wildman–Crippen MR) is 504 cm³/mol. The van der Waals surface area contributed by atoms with Gasteiger partial charge in [-0.25, -0.2) is 18.7 Å². The van der Waals surface area contributed by atoms with Crippen LogP contribution in [0, 0.1) is 0 Å². The summed E-state index contributed by atoms with van der Waals surface area (Å²) in [6.07, 6.45) is -13.6. The number of carbonyl (C=O) groups is 8. The van der Waals surface area contributed by atoms with Gasteiger partial charge in [-0.2, -0.15) is 0 Å². The fourth-order valence-corrected chi connectivity index (χ4v) is 19.0. The lowest BCUT2D eigenvalue weighted by Gasteiger charge is -2.50. The van der Waals surface area contributed by atoms with Crippen LogP contribution in [-0.4, -0.2) is 301 Å². The Morgan fingerprint density at radius 2 is 0.741 bits per heavy atom. The molecule has 2 amide bonds. The third kappa shape index (κ3) is 49.6. The molecule has 4 aliphatic rings. The quantitative estimate of drug-likeness (QED) is 0.0116. The van der Waals surface area contributed by atoms with E-state index in [4.69, 9.17) is 61.2 Å². The van der Waals surface area contributed by atoms with Crippen LogP contribution in [0.15, 0.2) is 0 Å². The number of rotatable bonds is 80. The third-order valence-corrected chi connectivity index (χ3v) is 26.8. The molecule has 4 heterocycles. The second-order valence-electron chi connectivity index (χ2n) is 38.1. The number of esters is 4. The van der Waals surface area contributed by atoms with Crippen molar-refractivity contribution in [3.8, 4) is 0 Å². The largest absolute Gasteiger partial charge is 0.477 e. The molecule has 18 N–H and O–H groups in total. The monoisotopic (exact) mass is 2040 g/mol. The highest BCUT2D eigenvalue weighted by atomic mass is 31.2.